The van der Waals surface area contributed by atoms with Gasteiger partial charge in [-0.1, -0.05) is 0 Å². The van der Waals surface area contributed by atoms with E-state index in [-0.39, 0.29) is 24.8 Å². The number of nitrogens with zero attached hydrogens (tertiary/aromatic N) is 1. The number of ether oxygens (including phenoxy) is 1. The fourth-order valence-corrected chi connectivity index (χ4v) is 1.42. The zero-order chi connectivity index (χ0) is 9.26. The molecule has 1 heterocycles. The van der Waals surface area contributed by atoms with E-state index in [1.54, 1.807) is 6.20 Å². The zero-order valence-electron chi connectivity index (χ0n) is 8.55. The van der Waals surface area contributed by atoms with Crippen LogP contribution in [0.2, 0.25) is 0 Å². The van der Waals surface area contributed by atoms with E-state index in [1.165, 1.54) is 0 Å². The molecule has 5 heteroatoms. The second-order valence-electron chi connectivity index (χ2n) is 3.61. The van der Waals surface area contributed by atoms with Gasteiger partial charge >= 0.3 is 0 Å². The molecule has 2 rings (SSSR count). The lowest BCUT2D eigenvalue weighted by Gasteiger charge is -2.32. The molecule has 0 saturated heterocycles. The van der Waals surface area contributed by atoms with Crippen LogP contribution in [0.15, 0.2) is 18.3 Å². The minimum atomic E-state index is 0. The molecule has 1 aromatic rings. The SMILES string of the molecule is Cc1ccc(O[C@H]2C[C@H](N)C2)cn1.Cl.Cl. The topological polar surface area (TPSA) is 48.1 Å². The summed E-state index contributed by atoms with van der Waals surface area (Å²) in [7, 11) is 0. The summed E-state index contributed by atoms with van der Waals surface area (Å²) in [6.45, 7) is 1.96. The van der Waals surface area contributed by atoms with Crippen LogP contribution in [-0.2, 0) is 0 Å². The van der Waals surface area contributed by atoms with Crippen LogP contribution in [0.4, 0.5) is 0 Å². The molecule has 1 aliphatic carbocycles. The van der Waals surface area contributed by atoms with Gasteiger partial charge in [-0.15, -0.1) is 24.8 Å². The monoisotopic (exact) mass is 250 g/mol. The fourth-order valence-electron chi connectivity index (χ4n) is 1.42. The lowest BCUT2D eigenvalue weighted by Crippen LogP contribution is -2.43. The van der Waals surface area contributed by atoms with Gasteiger partial charge in [0.15, 0.2) is 0 Å². The second kappa shape index (κ2) is 6.16. The van der Waals surface area contributed by atoms with Gasteiger partial charge in [-0.25, -0.2) is 0 Å². The van der Waals surface area contributed by atoms with Gasteiger partial charge in [0.2, 0.25) is 0 Å². The lowest BCUT2D eigenvalue weighted by molar-refractivity contribution is 0.100. The Morgan fingerprint density at radius 3 is 2.47 bits per heavy atom. The summed E-state index contributed by atoms with van der Waals surface area (Å²) in [4.78, 5) is 4.15. The van der Waals surface area contributed by atoms with Crippen molar-refractivity contribution in [1.82, 2.24) is 4.98 Å². The molecule has 0 radical (unpaired) electrons. The number of nitrogens with two attached hydrogens (primary N) is 1. The van der Waals surface area contributed by atoms with Gasteiger partial charge in [0.25, 0.3) is 0 Å². The van der Waals surface area contributed by atoms with E-state index in [9.17, 15) is 0 Å². The highest BCUT2D eigenvalue weighted by molar-refractivity contribution is 5.85. The quantitative estimate of drug-likeness (QED) is 0.875. The van der Waals surface area contributed by atoms with Crippen LogP contribution in [0.25, 0.3) is 0 Å². The Bertz CT molecular complexity index is 286. The Balaban J connectivity index is 0.000000980. The molecule has 0 atom stereocenters. The molecular weight excluding hydrogens is 235 g/mol. The number of rotatable bonds is 2. The predicted octanol–water partition coefficient (Wildman–Crippen LogP) is 2.10. The first kappa shape index (κ1) is 14.5. The maximum absolute atomic E-state index is 5.65. The van der Waals surface area contributed by atoms with Gasteiger partial charge in [0.05, 0.1) is 6.20 Å². The number of hydrogen-bond donors (Lipinski definition) is 1. The number of hydrogen-bond acceptors (Lipinski definition) is 3. The summed E-state index contributed by atoms with van der Waals surface area (Å²) in [6.07, 6.45) is 4.00. The summed E-state index contributed by atoms with van der Waals surface area (Å²) < 4.78 is 5.63. The molecule has 1 aliphatic rings. The number of pyridine rings is 1. The number of aryl methyl sites for hydroxylation is 1. The molecule has 1 fully saturated rings. The summed E-state index contributed by atoms with van der Waals surface area (Å²) in [6, 6.07) is 4.24. The molecule has 0 unspecified atom stereocenters. The average Bonchev–Trinajstić information content (AvgIpc) is 2.06. The van der Waals surface area contributed by atoms with Crippen LogP contribution in [0.1, 0.15) is 18.5 Å². The Kier molecular flexibility index (Phi) is 5.95. The maximum Gasteiger partial charge on any atom is 0.138 e. The Hall–Kier alpha value is -0.510. The zero-order valence-corrected chi connectivity index (χ0v) is 10.2. The number of aromatic nitrogens is 1. The normalized spacial score (nSPS) is 23.1. The molecule has 3 nitrogen and oxygen atoms in total. The van der Waals surface area contributed by atoms with Gasteiger partial charge in [-0.2, -0.15) is 0 Å². The number of halogens is 2. The summed E-state index contributed by atoms with van der Waals surface area (Å²) in [5.74, 6) is 0.850. The van der Waals surface area contributed by atoms with E-state index in [4.69, 9.17) is 10.5 Å². The van der Waals surface area contributed by atoms with Crippen LogP contribution in [-0.4, -0.2) is 17.1 Å². The standard InChI is InChI=1S/C10H14N2O.2ClH/c1-7-2-3-9(6-12-7)13-10-4-8(11)5-10;;/h2-3,6,8,10H,4-5,11H2,1H3;2*1H/t8-,10-;;. The lowest BCUT2D eigenvalue weighted by atomic mass is 9.90. The highest BCUT2D eigenvalue weighted by atomic mass is 35.5. The Labute approximate surface area is 102 Å². The van der Waals surface area contributed by atoms with Crippen molar-refractivity contribution in [2.45, 2.75) is 31.9 Å². The van der Waals surface area contributed by atoms with E-state index < -0.39 is 0 Å². The van der Waals surface area contributed by atoms with Gasteiger partial charge in [-0.05, 0) is 31.9 Å². The molecule has 15 heavy (non-hydrogen) atoms. The first-order valence-corrected chi connectivity index (χ1v) is 4.59. The van der Waals surface area contributed by atoms with Crippen molar-refractivity contribution >= 4 is 24.8 Å². The second-order valence-corrected chi connectivity index (χ2v) is 3.61. The largest absolute Gasteiger partial charge is 0.489 e. The van der Waals surface area contributed by atoms with Crippen LogP contribution < -0.4 is 10.5 Å². The first-order chi connectivity index (χ1) is 6.24. The molecule has 86 valence electrons. The fraction of sp³-hybridized carbons (Fsp3) is 0.500. The van der Waals surface area contributed by atoms with E-state index in [0.29, 0.717) is 12.1 Å². The Morgan fingerprint density at radius 2 is 2.00 bits per heavy atom. The third-order valence-electron chi connectivity index (χ3n) is 2.32. The van der Waals surface area contributed by atoms with Crippen molar-refractivity contribution in [2.24, 2.45) is 5.73 Å². The van der Waals surface area contributed by atoms with Gasteiger partial charge in [0.1, 0.15) is 11.9 Å². The third-order valence-corrected chi connectivity index (χ3v) is 2.32. The molecule has 0 bridgehead atoms. The van der Waals surface area contributed by atoms with Crippen LogP contribution >= 0.6 is 24.8 Å². The van der Waals surface area contributed by atoms with Gasteiger partial charge < -0.3 is 10.5 Å². The van der Waals surface area contributed by atoms with Crippen molar-refractivity contribution in [3.8, 4) is 5.75 Å². The summed E-state index contributed by atoms with van der Waals surface area (Å²) in [5.41, 5.74) is 6.66. The van der Waals surface area contributed by atoms with Crippen molar-refractivity contribution in [3.63, 3.8) is 0 Å². The van der Waals surface area contributed by atoms with Crippen molar-refractivity contribution in [3.05, 3.63) is 24.0 Å². The smallest absolute Gasteiger partial charge is 0.138 e. The Morgan fingerprint density at radius 1 is 1.33 bits per heavy atom. The third kappa shape index (κ3) is 3.86. The van der Waals surface area contributed by atoms with Crippen LogP contribution in [0, 0.1) is 6.92 Å². The van der Waals surface area contributed by atoms with Crippen molar-refractivity contribution in [2.75, 3.05) is 0 Å². The van der Waals surface area contributed by atoms with Crippen molar-refractivity contribution in [1.29, 1.82) is 0 Å². The molecule has 0 amide bonds. The molecule has 0 spiro atoms. The van der Waals surface area contributed by atoms with Crippen molar-refractivity contribution < 1.29 is 4.74 Å². The predicted molar refractivity (Wildman–Crippen MR) is 65.1 cm³/mol. The molecular formula is C10H16Cl2N2O. The molecule has 1 aromatic heterocycles. The first-order valence-electron chi connectivity index (χ1n) is 4.59. The molecule has 1 saturated carbocycles. The van der Waals surface area contributed by atoms with Gasteiger partial charge in [0, 0.05) is 11.7 Å². The highest BCUT2D eigenvalue weighted by Gasteiger charge is 2.27. The summed E-state index contributed by atoms with van der Waals surface area (Å²) >= 11 is 0. The highest BCUT2D eigenvalue weighted by Crippen LogP contribution is 2.23. The molecule has 0 aliphatic heterocycles. The average molecular weight is 251 g/mol. The maximum atomic E-state index is 5.65. The van der Waals surface area contributed by atoms with E-state index in [1.807, 2.05) is 19.1 Å². The van der Waals surface area contributed by atoms with Gasteiger partial charge in [-0.3, -0.25) is 4.98 Å². The van der Waals surface area contributed by atoms with E-state index in [2.05, 4.69) is 4.98 Å². The minimum Gasteiger partial charge on any atom is -0.489 e. The van der Waals surface area contributed by atoms with E-state index in [0.717, 1.165) is 24.3 Å². The molecule has 0 aromatic carbocycles. The van der Waals surface area contributed by atoms with Crippen LogP contribution in [0.3, 0.4) is 0 Å². The van der Waals surface area contributed by atoms with E-state index >= 15 is 0 Å². The van der Waals surface area contributed by atoms with Crippen LogP contribution in [0.5, 0.6) is 5.75 Å². The minimum absolute atomic E-state index is 0. The summed E-state index contributed by atoms with van der Waals surface area (Å²) in [5, 5.41) is 0. The molecule has 2 N–H and O–H groups in total.